The fourth-order valence-electron chi connectivity index (χ4n) is 1.91. The van der Waals surface area contributed by atoms with Crippen molar-refractivity contribution in [1.82, 2.24) is 9.88 Å². The van der Waals surface area contributed by atoms with E-state index in [1.807, 2.05) is 11.4 Å². The smallest absolute Gasteiger partial charge is 0.323 e. The second kappa shape index (κ2) is 5.64. The Morgan fingerprint density at radius 2 is 2.27 bits per heavy atom. The van der Waals surface area contributed by atoms with Gasteiger partial charge in [0.15, 0.2) is 11.7 Å². The molecule has 0 saturated carbocycles. The SMILES string of the molecule is CN(C)C(=O)Nc1nc(-c2ccc3c(c2)NC(=O)CO3)cs1. The van der Waals surface area contributed by atoms with Gasteiger partial charge in [0, 0.05) is 25.0 Å². The molecule has 1 aromatic heterocycles. The summed E-state index contributed by atoms with van der Waals surface area (Å²) >= 11 is 1.34. The molecule has 0 aliphatic carbocycles. The maximum Gasteiger partial charge on any atom is 0.323 e. The number of thiazole rings is 1. The Kier molecular flexibility index (Phi) is 3.68. The van der Waals surface area contributed by atoms with Crippen molar-refractivity contribution in [2.45, 2.75) is 0 Å². The molecule has 0 atom stereocenters. The zero-order valence-electron chi connectivity index (χ0n) is 12.0. The number of nitrogens with one attached hydrogen (secondary N) is 2. The molecule has 0 spiro atoms. The number of fused-ring (bicyclic) bond motifs is 1. The van der Waals surface area contributed by atoms with E-state index in [1.165, 1.54) is 16.2 Å². The summed E-state index contributed by atoms with van der Waals surface area (Å²) in [6, 6.07) is 5.23. The number of benzene rings is 1. The lowest BCUT2D eigenvalue weighted by molar-refractivity contribution is -0.118. The number of hydrogen-bond acceptors (Lipinski definition) is 5. The van der Waals surface area contributed by atoms with Crippen LogP contribution in [0, 0.1) is 0 Å². The fourth-order valence-corrected chi connectivity index (χ4v) is 2.62. The lowest BCUT2D eigenvalue weighted by atomic mass is 10.1. The zero-order valence-corrected chi connectivity index (χ0v) is 12.9. The van der Waals surface area contributed by atoms with Crippen molar-refractivity contribution >= 4 is 34.1 Å². The number of rotatable bonds is 2. The van der Waals surface area contributed by atoms with Gasteiger partial charge in [-0.1, -0.05) is 0 Å². The first-order valence-corrected chi connectivity index (χ1v) is 7.42. The van der Waals surface area contributed by atoms with Crippen molar-refractivity contribution < 1.29 is 14.3 Å². The Bertz CT molecular complexity index is 741. The Balaban J connectivity index is 1.83. The summed E-state index contributed by atoms with van der Waals surface area (Å²) in [7, 11) is 3.33. The van der Waals surface area contributed by atoms with Gasteiger partial charge in [-0.05, 0) is 18.2 Å². The maximum absolute atomic E-state index is 11.6. The van der Waals surface area contributed by atoms with Crippen molar-refractivity contribution in [3.05, 3.63) is 23.6 Å². The number of carbonyl (C=O) groups is 2. The topological polar surface area (TPSA) is 83.6 Å². The van der Waals surface area contributed by atoms with Crippen molar-refractivity contribution in [1.29, 1.82) is 0 Å². The molecule has 8 heteroatoms. The standard InChI is InChI=1S/C14H14N4O3S/c1-18(2)14(20)17-13-16-10(7-22-13)8-3-4-11-9(5-8)15-12(19)6-21-11/h3-5,7H,6H2,1-2H3,(H,15,19)(H,16,17,20). The quantitative estimate of drug-likeness (QED) is 0.889. The first-order chi connectivity index (χ1) is 10.5. The summed E-state index contributed by atoms with van der Waals surface area (Å²) in [4.78, 5) is 28.8. The van der Waals surface area contributed by atoms with Crippen LogP contribution in [0.5, 0.6) is 5.75 Å². The number of amides is 3. The zero-order chi connectivity index (χ0) is 15.7. The number of aromatic nitrogens is 1. The minimum absolute atomic E-state index is 0.0315. The third kappa shape index (κ3) is 2.86. The highest BCUT2D eigenvalue weighted by atomic mass is 32.1. The van der Waals surface area contributed by atoms with Crippen LogP contribution in [0.1, 0.15) is 0 Å². The molecule has 22 heavy (non-hydrogen) atoms. The predicted molar refractivity (Wildman–Crippen MR) is 84.4 cm³/mol. The van der Waals surface area contributed by atoms with Crippen LogP contribution >= 0.6 is 11.3 Å². The predicted octanol–water partition coefficient (Wildman–Crippen LogP) is 2.23. The lowest BCUT2D eigenvalue weighted by Crippen LogP contribution is -2.27. The molecule has 0 saturated heterocycles. The molecule has 2 aromatic rings. The van der Waals surface area contributed by atoms with E-state index in [9.17, 15) is 9.59 Å². The molecule has 0 unspecified atom stereocenters. The molecule has 2 heterocycles. The Morgan fingerprint density at radius 1 is 1.45 bits per heavy atom. The molecule has 1 aliphatic heterocycles. The molecule has 3 amide bonds. The van der Waals surface area contributed by atoms with Crippen molar-refractivity contribution in [3.63, 3.8) is 0 Å². The van der Waals surface area contributed by atoms with Gasteiger partial charge in [-0.15, -0.1) is 11.3 Å². The molecule has 1 aliphatic rings. The minimum atomic E-state index is -0.230. The summed E-state index contributed by atoms with van der Waals surface area (Å²) in [6.45, 7) is 0.0315. The summed E-state index contributed by atoms with van der Waals surface area (Å²) < 4.78 is 5.32. The van der Waals surface area contributed by atoms with E-state index < -0.39 is 0 Å². The van der Waals surface area contributed by atoms with Crippen LogP contribution < -0.4 is 15.4 Å². The molecule has 2 N–H and O–H groups in total. The third-order valence-electron chi connectivity index (χ3n) is 3.03. The van der Waals surface area contributed by atoms with Crippen LogP contribution in [0.2, 0.25) is 0 Å². The van der Waals surface area contributed by atoms with Crippen LogP contribution in [0.15, 0.2) is 23.6 Å². The number of anilines is 2. The highest BCUT2D eigenvalue weighted by molar-refractivity contribution is 7.14. The highest BCUT2D eigenvalue weighted by Crippen LogP contribution is 2.33. The molecular formula is C14H14N4O3S. The van der Waals surface area contributed by atoms with E-state index in [4.69, 9.17) is 4.74 Å². The second-order valence-corrected chi connectivity index (χ2v) is 5.77. The van der Waals surface area contributed by atoms with Gasteiger partial charge in [0.2, 0.25) is 0 Å². The molecule has 0 radical (unpaired) electrons. The van der Waals surface area contributed by atoms with Crippen LogP contribution in [-0.4, -0.2) is 42.5 Å². The molecule has 114 valence electrons. The van der Waals surface area contributed by atoms with E-state index in [-0.39, 0.29) is 18.5 Å². The van der Waals surface area contributed by atoms with Gasteiger partial charge in [0.1, 0.15) is 5.75 Å². The first-order valence-electron chi connectivity index (χ1n) is 6.54. The van der Waals surface area contributed by atoms with E-state index in [0.717, 1.165) is 11.3 Å². The van der Waals surface area contributed by atoms with Gasteiger partial charge in [-0.25, -0.2) is 9.78 Å². The lowest BCUT2D eigenvalue weighted by Gasteiger charge is -2.18. The van der Waals surface area contributed by atoms with Gasteiger partial charge in [0.05, 0.1) is 11.4 Å². The van der Waals surface area contributed by atoms with E-state index in [0.29, 0.717) is 16.6 Å². The molecular weight excluding hydrogens is 304 g/mol. The van der Waals surface area contributed by atoms with Gasteiger partial charge in [-0.2, -0.15) is 0 Å². The highest BCUT2D eigenvalue weighted by Gasteiger charge is 2.17. The fraction of sp³-hybridized carbons (Fsp3) is 0.214. The normalized spacial score (nSPS) is 12.9. The number of hydrogen-bond donors (Lipinski definition) is 2. The van der Waals surface area contributed by atoms with Crippen LogP contribution in [0.4, 0.5) is 15.6 Å². The summed E-state index contributed by atoms with van der Waals surface area (Å²) in [6.07, 6.45) is 0. The molecule has 7 nitrogen and oxygen atoms in total. The first kappa shape index (κ1) is 14.3. The Hall–Kier alpha value is -2.61. The Morgan fingerprint density at radius 3 is 3.05 bits per heavy atom. The number of ether oxygens (including phenoxy) is 1. The Labute approximate surface area is 130 Å². The largest absolute Gasteiger partial charge is 0.482 e. The third-order valence-corrected chi connectivity index (χ3v) is 3.79. The van der Waals surface area contributed by atoms with Crippen molar-refractivity contribution in [2.24, 2.45) is 0 Å². The van der Waals surface area contributed by atoms with Gasteiger partial charge in [-0.3, -0.25) is 10.1 Å². The van der Waals surface area contributed by atoms with Crippen LogP contribution in [-0.2, 0) is 4.79 Å². The molecule has 1 aromatic carbocycles. The van der Waals surface area contributed by atoms with Gasteiger partial charge < -0.3 is 15.0 Å². The molecule has 0 bridgehead atoms. The minimum Gasteiger partial charge on any atom is -0.482 e. The van der Waals surface area contributed by atoms with Gasteiger partial charge >= 0.3 is 6.03 Å². The van der Waals surface area contributed by atoms with E-state index >= 15 is 0 Å². The average Bonchev–Trinajstić information content (AvgIpc) is 2.94. The van der Waals surface area contributed by atoms with Crippen LogP contribution in [0.25, 0.3) is 11.3 Å². The van der Waals surface area contributed by atoms with Crippen LogP contribution in [0.3, 0.4) is 0 Å². The average molecular weight is 318 g/mol. The second-order valence-electron chi connectivity index (χ2n) is 4.91. The summed E-state index contributed by atoms with van der Waals surface area (Å²) in [5.74, 6) is 0.460. The number of nitrogens with zero attached hydrogens (tertiary/aromatic N) is 2. The van der Waals surface area contributed by atoms with E-state index in [1.54, 1.807) is 26.2 Å². The van der Waals surface area contributed by atoms with Gasteiger partial charge in [0.25, 0.3) is 5.91 Å². The number of urea groups is 1. The molecule has 0 fully saturated rings. The maximum atomic E-state index is 11.6. The van der Waals surface area contributed by atoms with E-state index in [2.05, 4.69) is 15.6 Å². The van der Waals surface area contributed by atoms with Crippen molar-refractivity contribution in [2.75, 3.05) is 31.3 Å². The molecule has 3 rings (SSSR count). The van der Waals surface area contributed by atoms with Crippen molar-refractivity contribution in [3.8, 4) is 17.0 Å². The number of carbonyl (C=O) groups excluding carboxylic acids is 2. The monoisotopic (exact) mass is 318 g/mol. The summed E-state index contributed by atoms with van der Waals surface area (Å²) in [5, 5.41) is 7.83. The summed E-state index contributed by atoms with van der Waals surface area (Å²) in [5.41, 5.74) is 2.19.